The summed E-state index contributed by atoms with van der Waals surface area (Å²) in [6, 6.07) is 3.75. The molecule has 0 aliphatic carbocycles. The van der Waals surface area contributed by atoms with Crippen LogP contribution in [0.2, 0.25) is 0 Å². The van der Waals surface area contributed by atoms with Gasteiger partial charge in [0.2, 0.25) is 0 Å². The molecule has 0 aliphatic rings. The summed E-state index contributed by atoms with van der Waals surface area (Å²) in [4.78, 5) is 15.9. The van der Waals surface area contributed by atoms with E-state index in [1.807, 2.05) is 12.3 Å². The Morgan fingerprint density at radius 2 is 2.39 bits per heavy atom. The number of carbonyl (C=O) groups is 1. The van der Waals surface area contributed by atoms with Crippen molar-refractivity contribution in [1.29, 1.82) is 0 Å². The molecule has 1 atom stereocenters. The van der Waals surface area contributed by atoms with Crippen LogP contribution < -0.4 is 11.1 Å². The second kappa shape index (κ2) is 5.64. The molecular weight excluding hydrogens is 246 g/mol. The standard InChI is InChI=1S/C13H15N3OS/c1-9(6-10-3-5-18-8-10)16-13(17)11-7-15-4-2-12(11)14/h2-5,7-9H,6H2,1H3,(H2,14,15)(H,16,17). The fraction of sp³-hybridized carbons (Fsp3) is 0.231. The van der Waals surface area contributed by atoms with Gasteiger partial charge < -0.3 is 11.1 Å². The number of nitrogens with zero attached hydrogens (tertiary/aromatic N) is 1. The van der Waals surface area contributed by atoms with Crippen LogP contribution in [0.5, 0.6) is 0 Å². The lowest BCUT2D eigenvalue weighted by Gasteiger charge is -2.13. The molecule has 0 saturated carbocycles. The van der Waals surface area contributed by atoms with Gasteiger partial charge in [-0.15, -0.1) is 0 Å². The maximum absolute atomic E-state index is 12.0. The van der Waals surface area contributed by atoms with Crippen molar-refractivity contribution >= 4 is 22.9 Å². The van der Waals surface area contributed by atoms with E-state index in [-0.39, 0.29) is 11.9 Å². The number of anilines is 1. The topological polar surface area (TPSA) is 68.0 Å². The van der Waals surface area contributed by atoms with Crippen LogP contribution in [0.1, 0.15) is 22.8 Å². The Bertz CT molecular complexity index is 525. The molecule has 94 valence electrons. The Balaban J connectivity index is 1.97. The van der Waals surface area contributed by atoms with E-state index in [0.29, 0.717) is 11.3 Å². The lowest BCUT2D eigenvalue weighted by Crippen LogP contribution is -2.34. The van der Waals surface area contributed by atoms with Crippen LogP contribution in [0.15, 0.2) is 35.3 Å². The summed E-state index contributed by atoms with van der Waals surface area (Å²) >= 11 is 1.66. The molecule has 0 fully saturated rings. The van der Waals surface area contributed by atoms with Crippen molar-refractivity contribution in [3.05, 3.63) is 46.4 Å². The molecule has 5 heteroatoms. The molecule has 0 saturated heterocycles. The van der Waals surface area contributed by atoms with Gasteiger partial charge in [-0.1, -0.05) is 0 Å². The second-order valence-electron chi connectivity index (χ2n) is 4.17. The minimum atomic E-state index is -0.177. The highest BCUT2D eigenvalue weighted by Gasteiger charge is 2.13. The summed E-state index contributed by atoms with van der Waals surface area (Å²) in [5.74, 6) is -0.177. The first kappa shape index (κ1) is 12.6. The molecule has 2 rings (SSSR count). The predicted molar refractivity (Wildman–Crippen MR) is 73.6 cm³/mol. The van der Waals surface area contributed by atoms with E-state index in [2.05, 4.69) is 21.7 Å². The zero-order chi connectivity index (χ0) is 13.0. The van der Waals surface area contributed by atoms with Crippen molar-refractivity contribution in [3.63, 3.8) is 0 Å². The summed E-state index contributed by atoms with van der Waals surface area (Å²) in [5, 5.41) is 7.04. The largest absolute Gasteiger partial charge is 0.398 e. The molecule has 1 unspecified atom stereocenters. The summed E-state index contributed by atoms with van der Waals surface area (Å²) in [5.41, 5.74) is 7.84. The summed E-state index contributed by atoms with van der Waals surface area (Å²) < 4.78 is 0. The van der Waals surface area contributed by atoms with Gasteiger partial charge in [-0.05, 0) is 41.8 Å². The van der Waals surface area contributed by atoms with Gasteiger partial charge in [0.1, 0.15) is 0 Å². The molecule has 1 amide bonds. The van der Waals surface area contributed by atoms with Gasteiger partial charge in [-0.2, -0.15) is 11.3 Å². The van der Waals surface area contributed by atoms with E-state index in [4.69, 9.17) is 5.73 Å². The number of nitrogens with two attached hydrogens (primary N) is 1. The highest BCUT2D eigenvalue weighted by atomic mass is 32.1. The fourth-order valence-electron chi connectivity index (χ4n) is 1.71. The number of rotatable bonds is 4. The molecule has 18 heavy (non-hydrogen) atoms. The lowest BCUT2D eigenvalue weighted by atomic mass is 10.1. The summed E-state index contributed by atoms with van der Waals surface area (Å²) in [6.07, 6.45) is 3.87. The van der Waals surface area contributed by atoms with Gasteiger partial charge in [0.15, 0.2) is 0 Å². The SMILES string of the molecule is CC(Cc1ccsc1)NC(=O)c1cnccc1N. The molecule has 0 aliphatic heterocycles. The monoisotopic (exact) mass is 261 g/mol. The number of amides is 1. The van der Waals surface area contributed by atoms with E-state index in [1.54, 1.807) is 23.6 Å². The summed E-state index contributed by atoms with van der Waals surface area (Å²) in [7, 11) is 0. The number of thiophene rings is 1. The average molecular weight is 261 g/mol. The summed E-state index contributed by atoms with van der Waals surface area (Å²) in [6.45, 7) is 1.97. The number of pyridine rings is 1. The van der Waals surface area contributed by atoms with Crippen LogP contribution in [0, 0.1) is 0 Å². The molecule has 2 aromatic rings. The molecule has 3 N–H and O–H groups in total. The molecule has 0 bridgehead atoms. The molecule has 4 nitrogen and oxygen atoms in total. The molecule has 2 aromatic heterocycles. The second-order valence-corrected chi connectivity index (χ2v) is 4.95. The van der Waals surface area contributed by atoms with Crippen molar-refractivity contribution < 1.29 is 4.79 Å². The van der Waals surface area contributed by atoms with Crippen molar-refractivity contribution in [3.8, 4) is 0 Å². The van der Waals surface area contributed by atoms with Gasteiger partial charge in [-0.25, -0.2) is 0 Å². The molecular formula is C13H15N3OS. The van der Waals surface area contributed by atoms with Gasteiger partial charge in [0.05, 0.1) is 5.56 Å². The number of carbonyl (C=O) groups excluding carboxylic acids is 1. The first-order chi connectivity index (χ1) is 8.66. The van der Waals surface area contributed by atoms with E-state index < -0.39 is 0 Å². The van der Waals surface area contributed by atoms with E-state index in [1.165, 1.54) is 11.8 Å². The van der Waals surface area contributed by atoms with Gasteiger partial charge in [-0.3, -0.25) is 9.78 Å². The third-order valence-electron chi connectivity index (χ3n) is 2.60. The Hall–Kier alpha value is -1.88. The predicted octanol–water partition coefficient (Wildman–Crippen LogP) is 2.09. The molecule has 0 radical (unpaired) electrons. The Labute approximate surface area is 110 Å². The van der Waals surface area contributed by atoms with Crippen molar-refractivity contribution in [1.82, 2.24) is 10.3 Å². The van der Waals surface area contributed by atoms with E-state index in [0.717, 1.165) is 6.42 Å². The minimum Gasteiger partial charge on any atom is -0.398 e. The first-order valence-corrected chi connectivity index (χ1v) is 6.62. The number of hydrogen-bond acceptors (Lipinski definition) is 4. The third-order valence-corrected chi connectivity index (χ3v) is 3.33. The number of nitrogen functional groups attached to an aromatic ring is 1. The minimum absolute atomic E-state index is 0.0618. The Kier molecular flexibility index (Phi) is 3.94. The quantitative estimate of drug-likeness (QED) is 0.885. The Morgan fingerprint density at radius 1 is 1.56 bits per heavy atom. The highest BCUT2D eigenvalue weighted by molar-refractivity contribution is 7.07. The van der Waals surface area contributed by atoms with Crippen LogP contribution >= 0.6 is 11.3 Å². The van der Waals surface area contributed by atoms with Gasteiger partial charge >= 0.3 is 0 Å². The zero-order valence-corrected chi connectivity index (χ0v) is 10.9. The number of nitrogens with one attached hydrogen (secondary N) is 1. The Morgan fingerprint density at radius 3 is 3.06 bits per heavy atom. The van der Waals surface area contributed by atoms with Crippen LogP contribution in [0.3, 0.4) is 0 Å². The van der Waals surface area contributed by atoms with Crippen LogP contribution in [-0.2, 0) is 6.42 Å². The van der Waals surface area contributed by atoms with Gasteiger partial charge in [0.25, 0.3) is 5.91 Å². The molecule has 0 aromatic carbocycles. The van der Waals surface area contributed by atoms with Crippen LogP contribution in [-0.4, -0.2) is 16.9 Å². The lowest BCUT2D eigenvalue weighted by molar-refractivity contribution is 0.0940. The smallest absolute Gasteiger partial charge is 0.255 e. The zero-order valence-electron chi connectivity index (χ0n) is 10.1. The van der Waals surface area contributed by atoms with Crippen molar-refractivity contribution in [2.75, 3.05) is 5.73 Å². The number of hydrogen-bond donors (Lipinski definition) is 2. The maximum atomic E-state index is 12.0. The van der Waals surface area contributed by atoms with Crippen LogP contribution in [0.4, 0.5) is 5.69 Å². The number of aromatic nitrogens is 1. The molecule has 0 spiro atoms. The van der Waals surface area contributed by atoms with Crippen molar-refractivity contribution in [2.24, 2.45) is 0 Å². The highest BCUT2D eigenvalue weighted by Crippen LogP contribution is 2.11. The molecule has 2 heterocycles. The fourth-order valence-corrected chi connectivity index (χ4v) is 2.39. The average Bonchev–Trinajstić information content (AvgIpc) is 2.82. The van der Waals surface area contributed by atoms with Crippen LogP contribution in [0.25, 0.3) is 0 Å². The van der Waals surface area contributed by atoms with Gasteiger partial charge in [0, 0.05) is 24.1 Å². The van der Waals surface area contributed by atoms with Crippen molar-refractivity contribution in [2.45, 2.75) is 19.4 Å². The normalized spacial score (nSPS) is 12.1. The third kappa shape index (κ3) is 3.07. The maximum Gasteiger partial charge on any atom is 0.255 e. The first-order valence-electron chi connectivity index (χ1n) is 5.68. The van der Waals surface area contributed by atoms with E-state index >= 15 is 0 Å². The van der Waals surface area contributed by atoms with E-state index in [9.17, 15) is 4.79 Å².